The van der Waals surface area contributed by atoms with Crippen molar-refractivity contribution in [3.63, 3.8) is 0 Å². The predicted molar refractivity (Wildman–Crippen MR) is 59.6 cm³/mol. The summed E-state index contributed by atoms with van der Waals surface area (Å²) < 4.78 is 5.54. The van der Waals surface area contributed by atoms with E-state index in [2.05, 4.69) is 12.1 Å². The Labute approximate surface area is 86.1 Å². The summed E-state index contributed by atoms with van der Waals surface area (Å²) in [5.41, 5.74) is 6.97. The van der Waals surface area contributed by atoms with Gasteiger partial charge in [-0.15, -0.1) is 0 Å². The number of benzene rings is 1. The minimum absolute atomic E-state index is 0.215. The molecule has 0 spiro atoms. The van der Waals surface area contributed by atoms with Crippen molar-refractivity contribution in [2.45, 2.75) is 39.3 Å². The van der Waals surface area contributed by atoms with E-state index in [0.717, 1.165) is 12.2 Å². The van der Waals surface area contributed by atoms with Crippen molar-refractivity contribution >= 4 is 0 Å². The molecule has 1 rings (SSSR count). The third kappa shape index (κ3) is 3.79. The maximum atomic E-state index is 5.71. The lowest BCUT2D eigenvalue weighted by Gasteiger charge is -2.10. The molecule has 0 heterocycles. The van der Waals surface area contributed by atoms with Crippen LogP contribution in [0.25, 0.3) is 0 Å². The van der Waals surface area contributed by atoms with E-state index >= 15 is 0 Å². The van der Waals surface area contributed by atoms with Crippen molar-refractivity contribution in [1.82, 2.24) is 0 Å². The molecule has 0 saturated heterocycles. The first kappa shape index (κ1) is 11.1. The summed E-state index contributed by atoms with van der Waals surface area (Å²) >= 11 is 0. The fraction of sp³-hybridized carbons (Fsp3) is 0.500. The van der Waals surface area contributed by atoms with E-state index in [1.165, 1.54) is 5.56 Å². The summed E-state index contributed by atoms with van der Waals surface area (Å²) in [5, 5.41) is 0. The van der Waals surface area contributed by atoms with Crippen LogP contribution in [0.15, 0.2) is 24.3 Å². The maximum absolute atomic E-state index is 5.71. The first-order valence-electron chi connectivity index (χ1n) is 5.09. The molecule has 0 amide bonds. The van der Waals surface area contributed by atoms with Crippen LogP contribution >= 0.6 is 0 Å². The van der Waals surface area contributed by atoms with Crippen molar-refractivity contribution in [2.75, 3.05) is 0 Å². The molecule has 0 bridgehead atoms. The van der Waals surface area contributed by atoms with Crippen molar-refractivity contribution in [2.24, 2.45) is 5.73 Å². The van der Waals surface area contributed by atoms with Gasteiger partial charge in [-0.3, -0.25) is 0 Å². The summed E-state index contributed by atoms with van der Waals surface area (Å²) in [6.45, 7) is 6.06. The van der Waals surface area contributed by atoms with Gasteiger partial charge in [0.05, 0.1) is 6.10 Å². The van der Waals surface area contributed by atoms with Crippen molar-refractivity contribution < 1.29 is 4.74 Å². The molecule has 1 aromatic carbocycles. The van der Waals surface area contributed by atoms with E-state index in [0.29, 0.717) is 0 Å². The van der Waals surface area contributed by atoms with E-state index in [1.54, 1.807) is 0 Å². The van der Waals surface area contributed by atoms with Gasteiger partial charge in [-0.1, -0.05) is 12.1 Å². The zero-order chi connectivity index (χ0) is 10.6. The molecule has 2 N–H and O–H groups in total. The van der Waals surface area contributed by atoms with Crippen LogP contribution in [0.5, 0.6) is 5.75 Å². The largest absolute Gasteiger partial charge is 0.491 e. The molecule has 0 fully saturated rings. The Bertz CT molecular complexity index is 235. The number of rotatable bonds is 4. The first-order chi connectivity index (χ1) is 6.58. The van der Waals surface area contributed by atoms with Gasteiger partial charge in [-0.05, 0) is 44.9 Å². The number of ether oxygens (including phenoxy) is 1. The summed E-state index contributed by atoms with van der Waals surface area (Å²) in [5.74, 6) is 0.924. The highest BCUT2D eigenvalue weighted by Crippen LogP contribution is 2.14. The van der Waals surface area contributed by atoms with Crippen LogP contribution in [0.1, 0.15) is 26.3 Å². The Morgan fingerprint density at radius 3 is 2.14 bits per heavy atom. The standard InChI is InChI=1S/C12H19NO/c1-9(2)14-12-6-4-11(5-7-12)8-10(3)13/h4-7,9-10H,8,13H2,1-3H3/t10-/m1/s1. The number of hydrogen-bond acceptors (Lipinski definition) is 2. The van der Waals surface area contributed by atoms with E-state index in [-0.39, 0.29) is 12.1 Å². The normalized spacial score (nSPS) is 12.9. The molecule has 0 saturated carbocycles. The van der Waals surface area contributed by atoms with Gasteiger partial charge in [-0.2, -0.15) is 0 Å². The number of nitrogens with two attached hydrogens (primary N) is 1. The van der Waals surface area contributed by atoms with Crippen molar-refractivity contribution in [1.29, 1.82) is 0 Å². The SMILES string of the molecule is CC(C)Oc1ccc(C[C@@H](C)N)cc1. The van der Waals surface area contributed by atoms with Crippen LogP contribution in [-0.4, -0.2) is 12.1 Å². The Morgan fingerprint density at radius 2 is 1.71 bits per heavy atom. The van der Waals surface area contributed by atoms with Gasteiger partial charge in [0.15, 0.2) is 0 Å². The summed E-state index contributed by atoms with van der Waals surface area (Å²) in [7, 11) is 0. The van der Waals surface area contributed by atoms with Gasteiger partial charge < -0.3 is 10.5 Å². The van der Waals surface area contributed by atoms with E-state index in [1.807, 2.05) is 32.9 Å². The molecule has 1 aromatic rings. The second kappa shape index (κ2) is 5.01. The molecule has 0 unspecified atom stereocenters. The fourth-order valence-electron chi connectivity index (χ4n) is 1.35. The van der Waals surface area contributed by atoms with E-state index < -0.39 is 0 Å². The Kier molecular flexibility index (Phi) is 3.96. The third-order valence-electron chi connectivity index (χ3n) is 1.85. The molecule has 0 aliphatic carbocycles. The monoisotopic (exact) mass is 193 g/mol. The van der Waals surface area contributed by atoms with Crippen LogP contribution in [-0.2, 0) is 6.42 Å². The second-order valence-corrected chi connectivity index (χ2v) is 3.99. The topological polar surface area (TPSA) is 35.2 Å². The van der Waals surface area contributed by atoms with Gasteiger partial charge in [0, 0.05) is 6.04 Å². The van der Waals surface area contributed by atoms with Crippen LogP contribution in [0.2, 0.25) is 0 Å². The van der Waals surface area contributed by atoms with Crippen LogP contribution in [0, 0.1) is 0 Å². The molecule has 0 radical (unpaired) electrons. The lowest BCUT2D eigenvalue weighted by molar-refractivity contribution is 0.242. The molecule has 2 heteroatoms. The summed E-state index contributed by atoms with van der Waals surface area (Å²) in [4.78, 5) is 0. The molecule has 2 nitrogen and oxygen atoms in total. The van der Waals surface area contributed by atoms with Gasteiger partial charge >= 0.3 is 0 Å². The molecule has 1 atom stereocenters. The molecule has 0 aliphatic heterocycles. The molecular weight excluding hydrogens is 174 g/mol. The lowest BCUT2D eigenvalue weighted by Crippen LogP contribution is -2.17. The van der Waals surface area contributed by atoms with Crippen LogP contribution in [0.3, 0.4) is 0 Å². The fourth-order valence-corrected chi connectivity index (χ4v) is 1.35. The highest BCUT2D eigenvalue weighted by Gasteiger charge is 1.99. The molecule has 78 valence electrons. The first-order valence-corrected chi connectivity index (χ1v) is 5.09. The predicted octanol–water partition coefficient (Wildman–Crippen LogP) is 2.36. The molecule has 0 aromatic heterocycles. The zero-order valence-corrected chi connectivity index (χ0v) is 9.16. The molecule has 14 heavy (non-hydrogen) atoms. The van der Waals surface area contributed by atoms with Gasteiger partial charge in [0.2, 0.25) is 0 Å². The smallest absolute Gasteiger partial charge is 0.119 e. The Morgan fingerprint density at radius 1 is 1.14 bits per heavy atom. The Balaban J connectivity index is 2.59. The number of hydrogen-bond donors (Lipinski definition) is 1. The highest BCUT2D eigenvalue weighted by molar-refractivity contribution is 5.27. The average Bonchev–Trinajstić information content (AvgIpc) is 2.06. The minimum Gasteiger partial charge on any atom is -0.491 e. The third-order valence-corrected chi connectivity index (χ3v) is 1.85. The van der Waals surface area contributed by atoms with Crippen LogP contribution in [0.4, 0.5) is 0 Å². The van der Waals surface area contributed by atoms with Gasteiger partial charge in [-0.25, -0.2) is 0 Å². The van der Waals surface area contributed by atoms with Crippen molar-refractivity contribution in [3.8, 4) is 5.75 Å². The maximum Gasteiger partial charge on any atom is 0.119 e. The molecule has 0 aliphatic rings. The van der Waals surface area contributed by atoms with Gasteiger partial charge in [0.25, 0.3) is 0 Å². The van der Waals surface area contributed by atoms with Crippen LogP contribution < -0.4 is 10.5 Å². The van der Waals surface area contributed by atoms with E-state index in [4.69, 9.17) is 10.5 Å². The molecular formula is C12H19NO. The highest BCUT2D eigenvalue weighted by atomic mass is 16.5. The second-order valence-electron chi connectivity index (χ2n) is 3.99. The quantitative estimate of drug-likeness (QED) is 0.796. The van der Waals surface area contributed by atoms with Crippen molar-refractivity contribution in [3.05, 3.63) is 29.8 Å². The average molecular weight is 193 g/mol. The zero-order valence-electron chi connectivity index (χ0n) is 9.16. The summed E-state index contributed by atoms with van der Waals surface area (Å²) in [6, 6.07) is 8.35. The van der Waals surface area contributed by atoms with Gasteiger partial charge in [0.1, 0.15) is 5.75 Å². The van der Waals surface area contributed by atoms with E-state index in [9.17, 15) is 0 Å². The Hall–Kier alpha value is -1.02. The lowest BCUT2D eigenvalue weighted by atomic mass is 10.1. The minimum atomic E-state index is 0.215. The summed E-state index contributed by atoms with van der Waals surface area (Å²) in [6.07, 6.45) is 1.15.